The second-order valence-electron chi connectivity index (χ2n) is 5.02. The second-order valence-corrected chi connectivity index (χ2v) is 8.00. The van der Waals surface area contributed by atoms with Crippen molar-refractivity contribution in [1.82, 2.24) is 4.90 Å². The number of ketones is 1. The summed E-state index contributed by atoms with van der Waals surface area (Å²) in [7, 11) is 0.388. The van der Waals surface area contributed by atoms with Crippen molar-refractivity contribution in [3.8, 4) is 0 Å². The Morgan fingerprint density at radius 1 is 1.45 bits per heavy atom. The summed E-state index contributed by atoms with van der Waals surface area (Å²) in [6.45, 7) is 3.95. The van der Waals surface area contributed by atoms with E-state index in [1.807, 2.05) is 25.9 Å². The number of nitrogens with zero attached hydrogens (tertiary/aromatic N) is 1. The van der Waals surface area contributed by atoms with Gasteiger partial charge in [0.15, 0.2) is 15.6 Å². The van der Waals surface area contributed by atoms with Gasteiger partial charge in [-0.1, -0.05) is 0 Å². The number of rotatable bonds is 6. The van der Waals surface area contributed by atoms with Gasteiger partial charge < -0.3 is 16.0 Å². The Morgan fingerprint density at radius 2 is 2.00 bits per heavy atom. The number of likely N-dealkylation sites (N-methyl/N-ethyl adjacent to an activating group) is 1. The molecule has 1 atom stereocenters. The van der Waals surface area contributed by atoms with Crippen LogP contribution in [-0.4, -0.2) is 52.0 Å². The molecule has 1 unspecified atom stereocenters. The summed E-state index contributed by atoms with van der Waals surface area (Å²) in [6, 6.07) is 0.214. The van der Waals surface area contributed by atoms with Gasteiger partial charge >= 0.3 is 0 Å². The van der Waals surface area contributed by atoms with Crippen LogP contribution in [0.4, 0.5) is 10.7 Å². The monoisotopic (exact) mass is 319 g/mol. The molecule has 0 saturated heterocycles. The lowest BCUT2D eigenvalue weighted by molar-refractivity contribution is 0.102. The molecule has 0 aromatic carbocycles. The Kier molecular flexibility index (Phi) is 5.17. The number of hydrogen-bond acceptors (Lipinski definition) is 7. The van der Waals surface area contributed by atoms with E-state index in [9.17, 15) is 13.2 Å². The van der Waals surface area contributed by atoms with E-state index < -0.39 is 9.84 Å². The molecule has 114 valence electrons. The Morgan fingerprint density at radius 3 is 2.40 bits per heavy atom. The molecule has 1 heterocycles. The maximum absolute atomic E-state index is 11.9. The Hall–Kier alpha value is -1.12. The van der Waals surface area contributed by atoms with Gasteiger partial charge in [0.05, 0.1) is 10.6 Å². The van der Waals surface area contributed by atoms with Crippen LogP contribution in [0.15, 0.2) is 4.90 Å². The summed E-state index contributed by atoms with van der Waals surface area (Å²) in [5.74, 6) is -0.230. The van der Waals surface area contributed by atoms with Crippen LogP contribution in [0.2, 0.25) is 0 Å². The largest absolute Gasteiger partial charge is 0.396 e. The van der Waals surface area contributed by atoms with E-state index in [1.54, 1.807) is 0 Å². The van der Waals surface area contributed by atoms with Crippen LogP contribution < -0.4 is 11.1 Å². The van der Waals surface area contributed by atoms with Crippen LogP contribution in [0, 0.1) is 0 Å². The molecule has 0 spiro atoms. The van der Waals surface area contributed by atoms with Gasteiger partial charge in [-0.05, 0) is 21.0 Å². The maximum Gasteiger partial charge on any atom is 0.180 e. The van der Waals surface area contributed by atoms with Crippen LogP contribution in [0.1, 0.15) is 23.5 Å². The average molecular weight is 319 g/mol. The molecular formula is C12H21N3O3S2. The Bertz CT molecular complexity index is 606. The molecule has 0 bridgehead atoms. The highest BCUT2D eigenvalue weighted by Gasteiger charge is 2.25. The molecule has 20 heavy (non-hydrogen) atoms. The van der Waals surface area contributed by atoms with Gasteiger partial charge in [-0.3, -0.25) is 4.79 Å². The normalized spacial score (nSPS) is 13.5. The third-order valence-electron chi connectivity index (χ3n) is 3.03. The molecule has 0 aliphatic rings. The first-order valence-electron chi connectivity index (χ1n) is 6.09. The minimum atomic E-state index is -3.49. The van der Waals surface area contributed by atoms with E-state index in [2.05, 4.69) is 5.32 Å². The fourth-order valence-electron chi connectivity index (χ4n) is 1.60. The number of sulfone groups is 1. The minimum absolute atomic E-state index is 0.0265. The molecule has 1 rings (SSSR count). The van der Waals surface area contributed by atoms with Crippen LogP contribution in [0.3, 0.4) is 0 Å². The van der Waals surface area contributed by atoms with Crippen LogP contribution in [-0.2, 0) is 9.84 Å². The van der Waals surface area contributed by atoms with Crippen molar-refractivity contribution in [2.24, 2.45) is 0 Å². The Labute approximate surface area is 123 Å². The predicted octanol–water partition coefficient (Wildman–Crippen LogP) is 1.30. The quantitative estimate of drug-likeness (QED) is 0.768. The number of thiophene rings is 1. The molecule has 0 radical (unpaired) electrons. The third-order valence-corrected chi connectivity index (χ3v) is 5.59. The first-order chi connectivity index (χ1) is 9.05. The molecule has 1 aromatic heterocycles. The molecule has 1 aromatic rings. The number of nitrogens with one attached hydrogen (secondary N) is 1. The smallest absolute Gasteiger partial charge is 0.180 e. The average Bonchev–Trinajstić information content (AvgIpc) is 2.62. The van der Waals surface area contributed by atoms with Crippen LogP contribution in [0.5, 0.6) is 0 Å². The fraction of sp³-hybridized carbons (Fsp3) is 0.583. The lowest BCUT2D eigenvalue weighted by Crippen LogP contribution is -2.31. The van der Waals surface area contributed by atoms with E-state index in [1.165, 1.54) is 6.92 Å². The van der Waals surface area contributed by atoms with E-state index >= 15 is 0 Å². The summed E-state index contributed by atoms with van der Waals surface area (Å²) in [6.07, 6.45) is 1.09. The summed E-state index contributed by atoms with van der Waals surface area (Å²) in [4.78, 5) is 13.8. The van der Waals surface area contributed by atoms with Gasteiger partial charge in [0, 0.05) is 25.8 Å². The fourth-order valence-corrected chi connectivity index (χ4v) is 4.07. The van der Waals surface area contributed by atoms with Gasteiger partial charge in [0.2, 0.25) is 0 Å². The van der Waals surface area contributed by atoms with E-state index in [0.29, 0.717) is 11.5 Å². The van der Waals surface area contributed by atoms with Crippen molar-refractivity contribution in [3.05, 3.63) is 4.88 Å². The van der Waals surface area contributed by atoms with Gasteiger partial charge in [-0.25, -0.2) is 8.42 Å². The van der Waals surface area contributed by atoms with Gasteiger partial charge in [0.25, 0.3) is 0 Å². The molecule has 0 saturated carbocycles. The van der Waals surface area contributed by atoms with Crippen LogP contribution >= 0.6 is 11.3 Å². The second kappa shape index (κ2) is 6.11. The molecule has 0 aliphatic carbocycles. The van der Waals surface area contributed by atoms with Crippen molar-refractivity contribution in [2.45, 2.75) is 24.8 Å². The predicted molar refractivity (Wildman–Crippen MR) is 83.5 cm³/mol. The topological polar surface area (TPSA) is 92.5 Å². The molecule has 3 N–H and O–H groups in total. The van der Waals surface area contributed by atoms with Crippen molar-refractivity contribution in [2.75, 3.05) is 37.9 Å². The van der Waals surface area contributed by atoms with Crippen molar-refractivity contribution in [1.29, 1.82) is 0 Å². The van der Waals surface area contributed by atoms with E-state index in [-0.39, 0.29) is 27.3 Å². The van der Waals surface area contributed by atoms with E-state index in [0.717, 1.165) is 17.6 Å². The van der Waals surface area contributed by atoms with Crippen LogP contribution in [0.25, 0.3) is 0 Å². The standard InChI is InChI=1S/C12H21N3O3S2/c1-7(15(3)4)6-14-12-11(20(5,17)18)9(13)10(19-12)8(2)16/h7,14H,6,13H2,1-5H3. The molecule has 6 nitrogen and oxygen atoms in total. The van der Waals surface area contributed by atoms with Crippen molar-refractivity contribution < 1.29 is 13.2 Å². The summed E-state index contributed by atoms with van der Waals surface area (Å²) < 4.78 is 23.7. The minimum Gasteiger partial charge on any atom is -0.396 e. The van der Waals surface area contributed by atoms with E-state index in [4.69, 9.17) is 5.73 Å². The maximum atomic E-state index is 11.9. The number of carbonyl (C=O) groups excluding carboxylic acids is 1. The van der Waals surface area contributed by atoms with Gasteiger partial charge in [-0.15, -0.1) is 11.3 Å². The summed E-state index contributed by atoms with van der Waals surface area (Å²) in [5.41, 5.74) is 5.86. The first kappa shape index (κ1) is 16.9. The summed E-state index contributed by atoms with van der Waals surface area (Å²) in [5, 5.41) is 3.52. The Balaban J connectivity index is 3.19. The SMILES string of the molecule is CC(=O)c1sc(NCC(C)N(C)C)c(S(C)(=O)=O)c1N. The van der Waals surface area contributed by atoms with Crippen molar-refractivity contribution >= 4 is 37.6 Å². The first-order valence-corrected chi connectivity index (χ1v) is 8.80. The summed E-state index contributed by atoms with van der Waals surface area (Å²) >= 11 is 1.09. The lowest BCUT2D eigenvalue weighted by atomic mass is 10.3. The molecule has 0 fully saturated rings. The molecular weight excluding hydrogens is 298 g/mol. The van der Waals surface area contributed by atoms with Gasteiger partial charge in [-0.2, -0.15) is 0 Å². The molecule has 0 amide bonds. The van der Waals surface area contributed by atoms with Gasteiger partial charge in [0.1, 0.15) is 9.90 Å². The highest BCUT2D eigenvalue weighted by molar-refractivity contribution is 7.91. The highest BCUT2D eigenvalue weighted by Crippen LogP contribution is 2.39. The zero-order chi connectivity index (χ0) is 15.7. The zero-order valence-electron chi connectivity index (χ0n) is 12.4. The molecule has 0 aliphatic heterocycles. The number of nitrogens with two attached hydrogens (primary N) is 1. The van der Waals surface area contributed by atoms with Crippen molar-refractivity contribution in [3.63, 3.8) is 0 Å². The number of carbonyl (C=O) groups is 1. The third kappa shape index (κ3) is 3.71. The zero-order valence-corrected chi connectivity index (χ0v) is 14.0. The molecule has 8 heteroatoms. The lowest BCUT2D eigenvalue weighted by Gasteiger charge is -2.20. The number of Topliss-reactive ketones (excluding diaryl/α,β-unsaturated/α-hetero) is 1. The highest BCUT2D eigenvalue weighted by atomic mass is 32.2. The number of hydrogen-bond donors (Lipinski definition) is 2. The number of nitrogen functional groups attached to an aromatic ring is 1. The number of anilines is 2.